The molecule has 17 heavy (non-hydrogen) atoms. The van der Waals surface area contributed by atoms with Gasteiger partial charge in [0, 0.05) is 23.4 Å². The van der Waals surface area contributed by atoms with Gasteiger partial charge in [-0.15, -0.1) is 0 Å². The standard InChI is InChI=1S/C12H10Cl2N2O/c1-17-12-5-9(13)8(4-10(12)14)7-2-3-16-6-11(7)15/h2-6H,15H2,1H3. The van der Waals surface area contributed by atoms with Gasteiger partial charge in [0.05, 0.1) is 29.0 Å². The Morgan fingerprint density at radius 3 is 2.59 bits per heavy atom. The zero-order valence-electron chi connectivity index (χ0n) is 9.08. The lowest BCUT2D eigenvalue weighted by atomic mass is 10.1. The first kappa shape index (κ1) is 12.0. The summed E-state index contributed by atoms with van der Waals surface area (Å²) in [7, 11) is 1.54. The second-order valence-electron chi connectivity index (χ2n) is 3.43. The largest absolute Gasteiger partial charge is 0.495 e. The van der Waals surface area contributed by atoms with E-state index in [0.717, 1.165) is 11.1 Å². The lowest BCUT2D eigenvalue weighted by Gasteiger charge is -2.10. The third-order valence-electron chi connectivity index (χ3n) is 2.38. The number of rotatable bonds is 2. The van der Waals surface area contributed by atoms with Crippen molar-refractivity contribution in [3.8, 4) is 16.9 Å². The predicted octanol–water partition coefficient (Wildman–Crippen LogP) is 3.65. The van der Waals surface area contributed by atoms with Crippen LogP contribution >= 0.6 is 23.2 Å². The number of halogens is 2. The van der Waals surface area contributed by atoms with Crippen molar-refractivity contribution in [2.24, 2.45) is 0 Å². The molecule has 0 aliphatic carbocycles. The molecule has 0 spiro atoms. The summed E-state index contributed by atoms with van der Waals surface area (Å²) in [5, 5.41) is 1.02. The van der Waals surface area contributed by atoms with Crippen LogP contribution in [0.4, 0.5) is 5.69 Å². The maximum atomic E-state index is 6.17. The van der Waals surface area contributed by atoms with E-state index in [1.807, 2.05) is 0 Å². The summed E-state index contributed by atoms with van der Waals surface area (Å²) in [6.45, 7) is 0. The van der Waals surface area contributed by atoms with E-state index in [2.05, 4.69) is 4.98 Å². The molecule has 0 fully saturated rings. The van der Waals surface area contributed by atoms with E-state index in [4.69, 9.17) is 33.7 Å². The summed E-state index contributed by atoms with van der Waals surface area (Å²) in [6, 6.07) is 5.19. The fourth-order valence-electron chi connectivity index (χ4n) is 1.54. The molecule has 5 heteroatoms. The van der Waals surface area contributed by atoms with E-state index in [9.17, 15) is 0 Å². The Morgan fingerprint density at radius 1 is 1.18 bits per heavy atom. The number of hydrogen-bond acceptors (Lipinski definition) is 3. The van der Waals surface area contributed by atoms with E-state index in [-0.39, 0.29) is 0 Å². The van der Waals surface area contributed by atoms with Crippen molar-refractivity contribution in [1.82, 2.24) is 4.98 Å². The van der Waals surface area contributed by atoms with Gasteiger partial charge in [0.15, 0.2) is 0 Å². The number of aromatic nitrogens is 1. The molecule has 0 saturated carbocycles. The number of hydrogen-bond donors (Lipinski definition) is 1. The van der Waals surface area contributed by atoms with Gasteiger partial charge in [-0.3, -0.25) is 4.98 Å². The Labute approximate surface area is 109 Å². The third kappa shape index (κ3) is 2.30. The number of nitrogens with zero attached hydrogens (tertiary/aromatic N) is 1. The third-order valence-corrected chi connectivity index (χ3v) is 2.99. The number of pyridine rings is 1. The molecule has 2 aromatic rings. The molecule has 0 aliphatic heterocycles. The molecule has 2 rings (SSSR count). The predicted molar refractivity (Wildman–Crippen MR) is 70.7 cm³/mol. The molecule has 0 saturated heterocycles. The fourth-order valence-corrected chi connectivity index (χ4v) is 2.04. The summed E-state index contributed by atoms with van der Waals surface area (Å²) >= 11 is 12.2. The van der Waals surface area contributed by atoms with E-state index in [1.54, 1.807) is 30.6 Å². The van der Waals surface area contributed by atoms with Gasteiger partial charge in [-0.1, -0.05) is 23.2 Å². The maximum absolute atomic E-state index is 6.17. The highest BCUT2D eigenvalue weighted by Crippen LogP contribution is 2.38. The highest BCUT2D eigenvalue weighted by Gasteiger charge is 2.11. The molecule has 1 aromatic carbocycles. The van der Waals surface area contributed by atoms with Crippen molar-refractivity contribution in [3.05, 3.63) is 40.6 Å². The first-order valence-electron chi connectivity index (χ1n) is 4.86. The van der Waals surface area contributed by atoms with Crippen LogP contribution in [0.15, 0.2) is 30.6 Å². The van der Waals surface area contributed by atoms with Gasteiger partial charge in [0.25, 0.3) is 0 Å². The van der Waals surface area contributed by atoms with Gasteiger partial charge in [-0.25, -0.2) is 0 Å². The normalized spacial score (nSPS) is 10.3. The van der Waals surface area contributed by atoms with E-state index >= 15 is 0 Å². The Morgan fingerprint density at radius 2 is 1.94 bits per heavy atom. The van der Waals surface area contributed by atoms with Crippen molar-refractivity contribution in [2.75, 3.05) is 12.8 Å². The number of benzene rings is 1. The minimum atomic E-state index is 0.489. The zero-order chi connectivity index (χ0) is 12.4. The average molecular weight is 269 g/mol. The molecule has 0 bridgehead atoms. The molecule has 3 nitrogen and oxygen atoms in total. The number of ether oxygens (including phenoxy) is 1. The Kier molecular flexibility index (Phi) is 3.41. The summed E-state index contributed by atoms with van der Waals surface area (Å²) in [5.41, 5.74) is 7.96. The van der Waals surface area contributed by atoms with Crippen molar-refractivity contribution < 1.29 is 4.74 Å². The van der Waals surface area contributed by atoms with Crippen LogP contribution in [0.5, 0.6) is 5.75 Å². The Hall–Kier alpha value is -1.45. The van der Waals surface area contributed by atoms with Gasteiger partial charge < -0.3 is 10.5 Å². The van der Waals surface area contributed by atoms with Crippen molar-refractivity contribution in [3.63, 3.8) is 0 Å². The molecule has 2 N–H and O–H groups in total. The van der Waals surface area contributed by atoms with E-state index in [1.165, 1.54) is 7.11 Å². The first-order chi connectivity index (χ1) is 8.13. The lowest BCUT2D eigenvalue weighted by Crippen LogP contribution is -1.92. The Bertz CT molecular complexity index is 558. The number of nitrogen functional groups attached to an aromatic ring is 1. The minimum Gasteiger partial charge on any atom is -0.495 e. The van der Waals surface area contributed by atoms with Gasteiger partial charge in [0.2, 0.25) is 0 Å². The Balaban J connectivity index is 2.61. The number of nitrogens with two attached hydrogens (primary N) is 1. The quantitative estimate of drug-likeness (QED) is 0.905. The zero-order valence-corrected chi connectivity index (χ0v) is 10.6. The SMILES string of the molecule is COc1cc(Cl)c(-c2ccncc2N)cc1Cl. The maximum Gasteiger partial charge on any atom is 0.138 e. The van der Waals surface area contributed by atoms with Crippen LogP contribution in [-0.4, -0.2) is 12.1 Å². The monoisotopic (exact) mass is 268 g/mol. The molecular weight excluding hydrogens is 259 g/mol. The van der Waals surface area contributed by atoms with E-state index < -0.39 is 0 Å². The van der Waals surface area contributed by atoms with Gasteiger partial charge in [-0.05, 0) is 12.1 Å². The van der Waals surface area contributed by atoms with E-state index in [0.29, 0.717) is 21.5 Å². The molecule has 1 heterocycles. The smallest absolute Gasteiger partial charge is 0.138 e. The second kappa shape index (κ2) is 4.82. The van der Waals surface area contributed by atoms with Crippen molar-refractivity contribution >= 4 is 28.9 Å². The van der Waals surface area contributed by atoms with Crippen LogP contribution in [0.1, 0.15) is 0 Å². The van der Waals surface area contributed by atoms with Crippen molar-refractivity contribution in [1.29, 1.82) is 0 Å². The summed E-state index contributed by atoms with van der Waals surface area (Å²) < 4.78 is 5.09. The fraction of sp³-hybridized carbons (Fsp3) is 0.0833. The van der Waals surface area contributed by atoms with Crippen LogP contribution in [0.2, 0.25) is 10.0 Å². The van der Waals surface area contributed by atoms with Crippen molar-refractivity contribution in [2.45, 2.75) is 0 Å². The molecule has 0 atom stereocenters. The van der Waals surface area contributed by atoms with Crippen LogP contribution in [-0.2, 0) is 0 Å². The minimum absolute atomic E-state index is 0.489. The first-order valence-corrected chi connectivity index (χ1v) is 5.62. The molecule has 0 amide bonds. The topological polar surface area (TPSA) is 48.1 Å². The van der Waals surface area contributed by atoms with Gasteiger partial charge >= 0.3 is 0 Å². The second-order valence-corrected chi connectivity index (χ2v) is 4.24. The molecule has 1 aromatic heterocycles. The summed E-state index contributed by atoms with van der Waals surface area (Å²) in [5.74, 6) is 0.535. The van der Waals surface area contributed by atoms with Gasteiger partial charge in [-0.2, -0.15) is 0 Å². The highest BCUT2D eigenvalue weighted by molar-refractivity contribution is 6.36. The van der Waals surface area contributed by atoms with Crippen LogP contribution in [0.25, 0.3) is 11.1 Å². The number of methoxy groups -OCH3 is 1. The molecular formula is C12H10Cl2N2O. The lowest BCUT2D eigenvalue weighted by molar-refractivity contribution is 0.415. The summed E-state index contributed by atoms with van der Waals surface area (Å²) in [6.07, 6.45) is 3.23. The molecule has 0 radical (unpaired) electrons. The summed E-state index contributed by atoms with van der Waals surface area (Å²) in [4.78, 5) is 3.93. The van der Waals surface area contributed by atoms with Crippen LogP contribution in [0.3, 0.4) is 0 Å². The molecule has 0 unspecified atom stereocenters. The van der Waals surface area contributed by atoms with Crippen LogP contribution < -0.4 is 10.5 Å². The average Bonchev–Trinajstić information content (AvgIpc) is 2.32. The van der Waals surface area contributed by atoms with Crippen LogP contribution in [0, 0.1) is 0 Å². The highest BCUT2D eigenvalue weighted by atomic mass is 35.5. The number of anilines is 1. The van der Waals surface area contributed by atoms with Gasteiger partial charge in [0.1, 0.15) is 5.75 Å². The molecule has 0 aliphatic rings. The molecule has 88 valence electrons.